The van der Waals surface area contributed by atoms with Gasteiger partial charge in [0.15, 0.2) is 0 Å². The third-order valence-corrected chi connectivity index (χ3v) is 9.26. The van der Waals surface area contributed by atoms with Gasteiger partial charge in [-0.1, -0.05) is 103 Å². The van der Waals surface area contributed by atoms with Gasteiger partial charge >= 0.3 is 11.9 Å². The molecule has 2 aliphatic rings. The van der Waals surface area contributed by atoms with Gasteiger partial charge in [0.25, 0.3) is 0 Å². The lowest BCUT2D eigenvalue weighted by Crippen LogP contribution is -2.25. The molecule has 1 N–H and O–H groups in total. The number of rotatable bonds is 24. The van der Waals surface area contributed by atoms with E-state index in [1.807, 2.05) is 0 Å². The van der Waals surface area contributed by atoms with Crippen LogP contribution >= 0.6 is 31.9 Å². The molecule has 6 heteroatoms. The highest BCUT2D eigenvalue weighted by molar-refractivity contribution is 9.09. The minimum absolute atomic E-state index is 0.0296. The molecule has 4 nitrogen and oxygen atoms in total. The average molecular weight is 667 g/mol. The molecule has 2 rings (SSSR count). The highest BCUT2D eigenvalue weighted by atomic mass is 79.9. The normalized spacial score (nSPS) is 17.3. The Morgan fingerprint density at radius 2 is 1.24 bits per heavy atom. The van der Waals surface area contributed by atoms with E-state index in [-0.39, 0.29) is 18.0 Å². The second kappa shape index (κ2) is 23.6. The van der Waals surface area contributed by atoms with Crippen LogP contribution in [0.3, 0.4) is 0 Å². The molecular weight excluding hydrogens is 608 g/mol. The van der Waals surface area contributed by atoms with E-state index in [2.05, 4.69) is 45.7 Å². The van der Waals surface area contributed by atoms with E-state index in [1.54, 1.807) is 0 Å². The van der Waals surface area contributed by atoms with Crippen molar-refractivity contribution in [3.05, 3.63) is 0 Å². The van der Waals surface area contributed by atoms with Crippen LogP contribution < -0.4 is 0 Å². The smallest absolute Gasteiger partial charge is 0.306 e. The maximum absolute atomic E-state index is 11.8. The molecule has 0 aromatic rings. The number of alkyl halides is 2. The lowest BCUT2D eigenvalue weighted by Gasteiger charge is -2.24. The van der Waals surface area contributed by atoms with Gasteiger partial charge in [-0.25, -0.2) is 0 Å². The Kier molecular flexibility index (Phi) is 22.3. The van der Waals surface area contributed by atoms with Gasteiger partial charge in [0.05, 0.1) is 5.92 Å². The fourth-order valence-electron chi connectivity index (χ4n) is 5.48. The van der Waals surface area contributed by atoms with E-state index >= 15 is 0 Å². The number of carboxylic acids is 1. The predicted octanol–water partition coefficient (Wildman–Crippen LogP) is 10.5. The largest absolute Gasteiger partial charge is 0.481 e. The van der Waals surface area contributed by atoms with Gasteiger partial charge < -0.3 is 9.84 Å². The molecule has 0 bridgehead atoms. The van der Waals surface area contributed by atoms with E-state index < -0.39 is 5.97 Å². The number of aliphatic carboxylic acids is 1. The van der Waals surface area contributed by atoms with Crippen molar-refractivity contribution in [2.45, 2.75) is 155 Å². The van der Waals surface area contributed by atoms with Crippen molar-refractivity contribution in [1.82, 2.24) is 0 Å². The van der Waals surface area contributed by atoms with Crippen molar-refractivity contribution in [1.29, 1.82) is 0 Å². The minimum Gasteiger partial charge on any atom is -0.481 e. The summed E-state index contributed by atoms with van der Waals surface area (Å²) in [6.07, 6.45) is 24.4. The number of esters is 1. The van der Waals surface area contributed by atoms with Crippen LogP contribution in [0.2, 0.25) is 0 Å². The summed E-state index contributed by atoms with van der Waals surface area (Å²) in [5, 5.41) is 11.5. The average Bonchev–Trinajstić information content (AvgIpc) is 3.81. The van der Waals surface area contributed by atoms with Crippen LogP contribution in [0, 0.1) is 23.7 Å². The highest BCUT2D eigenvalue weighted by Crippen LogP contribution is 2.44. The van der Waals surface area contributed by atoms with Crippen molar-refractivity contribution in [3.63, 3.8) is 0 Å². The summed E-state index contributed by atoms with van der Waals surface area (Å²) in [6, 6.07) is 0. The molecule has 0 saturated heterocycles. The van der Waals surface area contributed by atoms with Gasteiger partial charge in [0, 0.05) is 17.1 Å². The Labute approximate surface area is 251 Å². The lowest BCUT2D eigenvalue weighted by molar-refractivity contribution is -0.150. The van der Waals surface area contributed by atoms with E-state index in [0.29, 0.717) is 24.2 Å². The lowest BCUT2D eigenvalue weighted by atomic mass is 9.81. The molecule has 0 radical (unpaired) electrons. The van der Waals surface area contributed by atoms with Gasteiger partial charge in [-0.15, -0.1) is 0 Å². The summed E-state index contributed by atoms with van der Waals surface area (Å²) in [6.45, 7) is 4.45. The number of ether oxygens (including phenoxy) is 1. The Morgan fingerprint density at radius 1 is 0.711 bits per heavy atom. The van der Waals surface area contributed by atoms with Crippen molar-refractivity contribution in [2.75, 3.05) is 10.7 Å². The SMILES string of the molecule is CCCCCCC(C1CC1)C(CCCCBr)C(=O)O.CCCCCCC(OC(=O)CCCCCBr)C1CC1. The molecular formula is C32H58Br2O4. The highest BCUT2D eigenvalue weighted by Gasteiger charge is 2.38. The summed E-state index contributed by atoms with van der Waals surface area (Å²) in [5.41, 5.74) is 0. The van der Waals surface area contributed by atoms with E-state index in [1.165, 1.54) is 77.0 Å². The number of halogens is 2. The Morgan fingerprint density at radius 3 is 1.76 bits per heavy atom. The zero-order valence-corrected chi connectivity index (χ0v) is 27.8. The standard InChI is InChI=1S/2C16H29BrO2/c1-2-3-4-6-9-15(14-11-12-14)19-16(18)10-7-5-8-13-17;1-2-3-4-5-8-14(13-10-11-13)15(16(18)19)9-6-7-12-17/h14-15H,2-13H2,1H3;13-15H,2-12H2,1H3,(H,18,19). The second-order valence-corrected chi connectivity index (χ2v) is 13.3. The summed E-state index contributed by atoms with van der Waals surface area (Å²) < 4.78 is 5.68. The molecule has 0 amide bonds. The third-order valence-electron chi connectivity index (χ3n) is 8.14. The molecule has 0 heterocycles. The predicted molar refractivity (Wildman–Crippen MR) is 167 cm³/mol. The van der Waals surface area contributed by atoms with Crippen LogP contribution in [0.25, 0.3) is 0 Å². The summed E-state index contributed by atoms with van der Waals surface area (Å²) in [5.74, 6) is 1.22. The van der Waals surface area contributed by atoms with Crippen LogP contribution in [0.15, 0.2) is 0 Å². The number of carbonyl (C=O) groups excluding carboxylic acids is 1. The first-order valence-electron chi connectivity index (χ1n) is 16.0. The monoisotopic (exact) mass is 664 g/mol. The molecule has 0 spiro atoms. The fraction of sp³-hybridized carbons (Fsp3) is 0.938. The van der Waals surface area contributed by atoms with Crippen LogP contribution in [0.5, 0.6) is 0 Å². The third kappa shape index (κ3) is 18.3. The fourth-order valence-corrected chi connectivity index (χ4v) is 6.27. The zero-order valence-electron chi connectivity index (χ0n) is 24.6. The molecule has 0 aliphatic heterocycles. The minimum atomic E-state index is -0.554. The molecule has 38 heavy (non-hydrogen) atoms. The molecule has 3 unspecified atom stereocenters. The number of carbonyl (C=O) groups is 2. The molecule has 3 atom stereocenters. The van der Waals surface area contributed by atoms with Gasteiger partial charge in [0.2, 0.25) is 0 Å². The van der Waals surface area contributed by atoms with E-state index in [4.69, 9.17) is 4.74 Å². The summed E-state index contributed by atoms with van der Waals surface area (Å²) in [4.78, 5) is 23.3. The number of hydrogen-bond donors (Lipinski definition) is 1. The number of hydrogen-bond acceptors (Lipinski definition) is 3. The quantitative estimate of drug-likeness (QED) is 0.0633. The van der Waals surface area contributed by atoms with Gasteiger partial charge in [0.1, 0.15) is 6.10 Å². The Bertz CT molecular complexity index is 590. The summed E-state index contributed by atoms with van der Waals surface area (Å²) >= 11 is 6.84. The van der Waals surface area contributed by atoms with Gasteiger partial charge in [-0.2, -0.15) is 0 Å². The van der Waals surface area contributed by atoms with Crippen LogP contribution in [-0.2, 0) is 14.3 Å². The maximum atomic E-state index is 11.8. The van der Waals surface area contributed by atoms with Crippen molar-refractivity contribution >= 4 is 43.8 Å². The number of carboxylic acid groups (broad SMARTS) is 1. The zero-order chi connectivity index (χ0) is 28.0. The van der Waals surface area contributed by atoms with Crippen molar-refractivity contribution in [3.8, 4) is 0 Å². The van der Waals surface area contributed by atoms with Crippen molar-refractivity contribution in [2.24, 2.45) is 23.7 Å². The Balaban J connectivity index is 0.000000380. The number of unbranched alkanes of at least 4 members (excludes halogenated alkanes) is 9. The molecule has 0 aromatic heterocycles. The summed E-state index contributed by atoms with van der Waals surface area (Å²) in [7, 11) is 0. The first-order chi connectivity index (χ1) is 18.5. The second-order valence-electron chi connectivity index (χ2n) is 11.7. The maximum Gasteiger partial charge on any atom is 0.306 e. The topological polar surface area (TPSA) is 63.6 Å². The molecule has 2 fully saturated rings. The molecule has 224 valence electrons. The molecule has 0 aromatic carbocycles. The first-order valence-corrected chi connectivity index (χ1v) is 18.3. The van der Waals surface area contributed by atoms with Crippen LogP contribution in [0.1, 0.15) is 149 Å². The first kappa shape index (κ1) is 35.9. The van der Waals surface area contributed by atoms with Crippen LogP contribution in [0.4, 0.5) is 0 Å². The van der Waals surface area contributed by atoms with Crippen LogP contribution in [-0.4, -0.2) is 33.8 Å². The van der Waals surface area contributed by atoms with Crippen molar-refractivity contribution < 1.29 is 19.4 Å². The van der Waals surface area contributed by atoms with E-state index in [9.17, 15) is 14.7 Å². The van der Waals surface area contributed by atoms with E-state index in [0.717, 1.165) is 62.0 Å². The molecule has 2 aliphatic carbocycles. The molecule has 2 saturated carbocycles. The van der Waals surface area contributed by atoms with Gasteiger partial charge in [-0.05, 0) is 88.4 Å². The Hall–Kier alpha value is -0.100. The van der Waals surface area contributed by atoms with Gasteiger partial charge in [-0.3, -0.25) is 9.59 Å².